The Morgan fingerprint density at radius 1 is 1.12 bits per heavy atom. The van der Waals surface area contributed by atoms with Crippen LogP contribution >= 0.6 is 24.0 Å². The van der Waals surface area contributed by atoms with E-state index in [2.05, 4.69) is 34.5 Å². The molecule has 0 aromatic carbocycles. The Labute approximate surface area is 169 Å². The van der Waals surface area contributed by atoms with Crippen molar-refractivity contribution in [1.29, 1.82) is 0 Å². The molecule has 7 heteroatoms. The van der Waals surface area contributed by atoms with Crippen LogP contribution in [0.15, 0.2) is 23.3 Å². The molecule has 0 aliphatic heterocycles. The predicted molar refractivity (Wildman–Crippen MR) is 114 cm³/mol. The standard InChI is InChI=1S/C18H32N4O2.HI/c1-4-6-7-8-11-20-18(19-5-2)22-15-16-9-10-17(21-14-16)24-13-12-23-3;/h9-10,14H,4-8,11-13,15H2,1-3H3,(H2,19,20,22);1H. The van der Waals surface area contributed by atoms with E-state index in [0.29, 0.717) is 25.6 Å². The second kappa shape index (κ2) is 16.4. The number of aliphatic imine (C=N–C) groups is 1. The normalized spacial score (nSPS) is 10.9. The number of aromatic nitrogens is 1. The van der Waals surface area contributed by atoms with Crippen LogP contribution in [0.25, 0.3) is 0 Å². The predicted octanol–water partition coefficient (Wildman–Crippen LogP) is 3.36. The minimum atomic E-state index is 0. The Balaban J connectivity index is 0.00000576. The van der Waals surface area contributed by atoms with Gasteiger partial charge in [0, 0.05) is 32.5 Å². The van der Waals surface area contributed by atoms with Gasteiger partial charge in [-0.05, 0) is 18.9 Å². The minimum Gasteiger partial charge on any atom is -0.475 e. The van der Waals surface area contributed by atoms with Crippen LogP contribution in [-0.4, -0.2) is 44.4 Å². The molecule has 0 saturated heterocycles. The van der Waals surface area contributed by atoms with E-state index < -0.39 is 0 Å². The average Bonchev–Trinajstić information content (AvgIpc) is 2.60. The molecule has 0 atom stereocenters. The molecule has 0 bridgehead atoms. The number of methoxy groups -OCH3 is 1. The summed E-state index contributed by atoms with van der Waals surface area (Å²) in [6.45, 7) is 7.76. The number of hydrogen-bond donors (Lipinski definition) is 2. The van der Waals surface area contributed by atoms with Crippen LogP contribution in [-0.2, 0) is 11.3 Å². The maximum absolute atomic E-state index is 5.45. The van der Waals surface area contributed by atoms with E-state index in [0.717, 1.165) is 24.6 Å². The molecule has 144 valence electrons. The van der Waals surface area contributed by atoms with Crippen molar-refractivity contribution in [2.24, 2.45) is 4.99 Å². The molecule has 0 spiro atoms. The van der Waals surface area contributed by atoms with E-state index in [1.54, 1.807) is 13.3 Å². The van der Waals surface area contributed by atoms with Crippen molar-refractivity contribution in [2.45, 2.75) is 46.1 Å². The molecule has 0 amide bonds. The van der Waals surface area contributed by atoms with Crippen molar-refractivity contribution in [3.8, 4) is 5.88 Å². The van der Waals surface area contributed by atoms with Crippen LogP contribution in [0.5, 0.6) is 5.88 Å². The first-order chi connectivity index (χ1) is 11.8. The average molecular weight is 464 g/mol. The van der Waals surface area contributed by atoms with Gasteiger partial charge in [-0.25, -0.2) is 9.98 Å². The van der Waals surface area contributed by atoms with Crippen molar-refractivity contribution in [1.82, 2.24) is 15.6 Å². The monoisotopic (exact) mass is 464 g/mol. The maximum Gasteiger partial charge on any atom is 0.213 e. The van der Waals surface area contributed by atoms with Crippen LogP contribution in [0.1, 0.15) is 45.1 Å². The highest BCUT2D eigenvalue weighted by molar-refractivity contribution is 14.0. The molecule has 0 radical (unpaired) electrons. The lowest BCUT2D eigenvalue weighted by molar-refractivity contribution is 0.143. The second-order valence-corrected chi connectivity index (χ2v) is 5.53. The molecule has 0 unspecified atom stereocenters. The Bertz CT molecular complexity index is 455. The highest BCUT2D eigenvalue weighted by Gasteiger charge is 1.99. The summed E-state index contributed by atoms with van der Waals surface area (Å²) in [5.41, 5.74) is 1.05. The molecule has 2 N–H and O–H groups in total. The van der Waals surface area contributed by atoms with Gasteiger partial charge in [-0.3, -0.25) is 0 Å². The van der Waals surface area contributed by atoms with Gasteiger partial charge in [0.2, 0.25) is 5.88 Å². The number of hydrogen-bond acceptors (Lipinski definition) is 4. The number of ether oxygens (including phenoxy) is 2. The number of halogens is 1. The Hall–Kier alpha value is -1.09. The summed E-state index contributed by atoms with van der Waals surface area (Å²) in [5.74, 6) is 1.47. The zero-order valence-electron chi connectivity index (χ0n) is 15.7. The molecule has 0 saturated carbocycles. The number of unbranched alkanes of at least 4 members (excludes halogenated alkanes) is 3. The van der Waals surface area contributed by atoms with Crippen LogP contribution in [0.4, 0.5) is 0 Å². The summed E-state index contributed by atoms with van der Waals surface area (Å²) in [4.78, 5) is 8.88. The van der Waals surface area contributed by atoms with Gasteiger partial charge in [0.05, 0.1) is 13.2 Å². The van der Waals surface area contributed by atoms with Gasteiger partial charge in [-0.1, -0.05) is 32.3 Å². The lowest BCUT2D eigenvalue weighted by Gasteiger charge is -2.11. The maximum atomic E-state index is 5.45. The zero-order valence-corrected chi connectivity index (χ0v) is 18.0. The Morgan fingerprint density at radius 3 is 2.60 bits per heavy atom. The van der Waals surface area contributed by atoms with Crippen LogP contribution in [0.3, 0.4) is 0 Å². The quantitative estimate of drug-likeness (QED) is 0.215. The molecule has 0 fully saturated rings. The van der Waals surface area contributed by atoms with Gasteiger partial charge in [0.15, 0.2) is 5.96 Å². The van der Waals surface area contributed by atoms with E-state index in [1.165, 1.54) is 25.7 Å². The topological polar surface area (TPSA) is 67.8 Å². The molecule has 0 aliphatic carbocycles. The summed E-state index contributed by atoms with van der Waals surface area (Å²) in [5, 5.41) is 6.64. The van der Waals surface area contributed by atoms with Crippen LogP contribution < -0.4 is 15.4 Å². The summed E-state index contributed by atoms with van der Waals surface area (Å²) in [7, 11) is 1.65. The molecular weight excluding hydrogens is 431 g/mol. The number of nitrogens with zero attached hydrogens (tertiary/aromatic N) is 2. The SMILES string of the molecule is CCCCCCNC(=NCc1ccc(OCCOC)nc1)NCC.I. The third kappa shape index (κ3) is 12.0. The van der Waals surface area contributed by atoms with Gasteiger partial charge >= 0.3 is 0 Å². The summed E-state index contributed by atoms with van der Waals surface area (Å²) in [6.07, 6.45) is 6.79. The third-order valence-electron chi connectivity index (χ3n) is 3.42. The molecule has 1 aromatic rings. The summed E-state index contributed by atoms with van der Waals surface area (Å²) >= 11 is 0. The fourth-order valence-corrected chi connectivity index (χ4v) is 2.09. The Kier molecular flexibility index (Phi) is 15.7. The van der Waals surface area contributed by atoms with Crippen molar-refractivity contribution in [3.05, 3.63) is 23.9 Å². The minimum absolute atomic E-state index is 0. The van der Waals surface area contributed by atoms with Crippen LogP contribution in [0, 0.1) is 0 Å². The van der Waals surface area contributed by atoms with E-state index in [-0.39, 0.29) is 24.0 Å². The molecule has 1 rings (SSSR count). The highest BCUT2D eigenvalue weighted by atomic mass is 127. The van der Waals surface area contributed by atoms with Gasteiger partial charge in [-0.2, -0.15) is 0 Å². The lowest BCUT2D eigenvalue weighted by atomic mass is 10.2. The largest absolute Gasteiger partial charge is 0.475 e. The van der Waals surface area contributed by atoms with Gasteiger partial charge in [0.1, 0.15) is 6.61 Å². The molecular formula is C18H33IN4O2. The van der Waals surface area contributed by atoms with Crippen molar-refractivity contribution in [3.63, 3.8) is 0 Å². The fourth-order valence-electron chi connectivity index (χ4n) is 2.09. The Morgan fingerprint density at radius 2 is 1.96 bits per heavy atom. The first-order valence-electron chi connectivity index (χ1n) is 8.89. The highest BCUT2D eigenvalue weighted by Crippen LogP contribution is 2.08. The van der Waals surface area contributed by atoms with Gasteiger partial charge < -0.3 is 20.1 Å². The summed E-state index contributed by atoms with van der Waals surface area (Å²) in [6, 6.07) is 3.86. The van der Waals surface area contributed by atoms with Gasteiger partial charge in [-0.15, -0.1) is 24.0 Å². The van der Waals surface area contributed by atoms with Crippen molar-refractivity contribution in [2.75, 3.05) is 33.4 Å². The molecule has 25 heavy (non-hydrogen) atoms. The number of pyridine rings is 1. The van der Waals surface area contributed by atoms with E-state index in [1.807, 2.05) is 12.1 Å². The van der Waals surface area contributed by atoms with E-state index in [4.69, 9.17) is 9.47 Å². The summed E-state index contributed by atoms with van der Waals surface area (Å²) < 4.78 is 10.4. The number of guanidine groups is 1. The van der Waals surface area contributed by atoms with Crippen molar-refractivity contribution < 1.29 is 9.47 Å². The van der Waals surface area contributed by atoms with Crippen LogP contribution in [0.2, 0.25) is 0 Å². The molecule has 0 aliphatic rings. The lowest BCUT2D eigenvalue weighted by Crippen LogP contribution is -2.37. The molecule has 1 aromatic heterocycles. The number of rotatable bonds is 12. The third-order valence-corrected chi connectivity index (χ3v) is 3.42. The molecule has 6 nitrogen and oxygen atoms in total. The first-order valence-corrected chi connectivity index (χ1v) is 8.89. The van der Waals surface area contributed by atoms with Gasteiger partial charge in [0.25, 0.3) is 0 Å². The second-order valence-electron chi connectivity index (χ2n) is 5.53. The van der Waals surface area contributed by atoms with E-state index in [9.17, 15) is 0 Å². The zero-order chi connectivity index (χ0) is 17.5. The van der Waals surface area contributed by atoms with E-state index >= 15 is 0 Å². The smallest absolute Gasteiger partial charge is 0.213 e. The fraction of sp³-hybridized carbons (Fsp3) is 0.667. The number of nitrogens with one attached hydrogen (secondary N) is 2. The first kappa shape index (κ1) is 23.9. The van der Waals surface area contributed by atoms with Crippen molar-refractivity contribution >= 4 is 29.9 Å². The molecule has 1 heterocycles.